The maximum Gasteiger partial charge on any atom is 0.254 e. The van der Waals surface area contributed by atoms with Crippen LogP contribution in [-0.4, -0.2) is 30.6 Å². The fraction of sp³-hybridized carbons (Fsp3) is 0.231. The van der Waals surface area contributed by atoms with Crippen molar-refractivity contribution in [1.82, 2.24) is 4.98 Å². The molecule has 0 bridgehead atoms. The molecule has 0 spiro atoms. The Morgan fingerprint density at radius 3 is 2.74 bits per heavy atom. The summed E-state index contributed by atoms with van der Waals surface area (Å²) in [7, 11) is 1.45. The molecule has 19 heavy (non-hydrogen) atoms. The van der Waals surface area contributed by atoms with Gasteiger partial charge in [-0.05, 0) is 24.3 Å². The number of rotatable bonds is 5. The molecule has 0 aliphatic rings. The number of carbonyl (C=O) groups is 1. The Hall–Kier alpha value is -2.18. The highest BCUT2D eigenvalue weighted by Crippen LogP contribution is 2.20. The van der Waals surface area contributed by atoms with E-state index in [9.17, 15) is 4.79 Å². The summed E-state index contributed by atoms with van der Waals surface area (Å²) in [6.07, 6.45) is 2.35. The minimum Gasteiger partial charge on any atom is -0.444 e. The zero-order valence-corrected chi connectivity index (χ0v) is 10.5. The second-order valence-electron chi connectivity index (χ2n) is 3.89. The molecule has 0 aliphatic heterocycles. The standard InChI is InChI=1S/C13H15N3O3/c1-18-11(6-14)13(17)16-10-4-2-9(3-5-10)12-7-15-8-19-12/h2-5,7-8,11H,6,14H2,1H3,(H,16,17). The average Bonchev–Trinajstić information content (AvgIpc) is 2.95. The lowest BCUT2D eigenvalue weighted by Crippen LogP contribution is -2.35. The van der Waals surface area contributed by atoms with E-state index in [0.717, 1.165) is 5.56 Å². The Balaban J connectivity index is 2.05. The molecule has 6 nitrogen and oxygen atoms in total. The molecule has 1 atom stereocenters. The van der Waals surface area contributed by atoms with Crippen molar-refractivity contribution in [3.63, 3.8) is 0 Å². The smallest absolute Gasteiger partial charge is 0.254 e. The van der Waals surface area contributed by atoms with Crippen molar-refractivity contribution in [3.8, 4) is 11.3 Å². The van der Waals surface area contributed by atoms with E-state index >= 15 is 0 Å². The number of nitrogens with zero attached hydrogens (tertiary/aromatic N) is 1. The Morgan fingerprint density at radius 2 is 2.21 bits per heavy atom. The number of ether oxygens (including phenoxy) is 1. The summed E-state index contributed by atoms with van der Waals surface area (Å²) >= 11 is 0. The Bertz CT molecular complexity index is 519. The Morgan fingerprint density at radius 1 is 1.47 bits per heavy atom. The van der Waals surface area contributed by atoms with E-state index in [4.69, 9.17) is 14.9 Å². The summed E-state index contributed by atoms with van der Waals surface area (Å²) < 4.78 is 10.1. The molecule has 3 N–H and O–H groups in total. The molecule has 0 saturated carbocycles. The zero-order chi connectivity index (χ0) is 13.7. The van der Waals surface area contributed by atoms with E-state index in [0.29, 0.717) is 11.4 Å². The molecule has 100 valence electrons. The molecule has 1 unspecified atom stereocenters. The number of methoxy groups -OCH3 is 1. The quantitative estimate of drug-likeness (QED) is 0.845. The van der Waals surface area contributed by atoms with Crippen LogP contribution in [0, 0.1) is 0 Å². The number of oxazole rings is 1. The fourth-order valence-corrected chi connectivity index (χ4v) is 1.61. The predicted octanol–water partition coefficient (Wildman–Crippen LogP) is 1.25. The summed E-state index contributed by atoms with van der Waals surface area (Å²) in [6.45, 7) is 0.137. The summed E-state index contributed by atoms with van der Waals surface area (Å²) in [5.74, 6) is 0.409. The van der Waals surface area contributed by atoms with Gasteiger partial charge in [-0.15, -0.1) is 0 Å². The van der Waals surface area contributed by atoms with Gasteiger partial charge in [-0.25, -0.2) is 4.98 Å². The van der Waals surface area contributed by atoms with Gasteiger partial charge >= 0.3 is 0 Å². The van der Waals surface area contributed by atoms with Crippen LogP contribution in [0.5, 0.6) is 0 Å². The third kappa shape index (κ3) is 3.18. The molecule has 0 radical (unpaired) electrons. The molecule has 1 aromatic carbocycles. The number of hydrogen-bond donors (Lipinski definition) is 2. The number of aromatic nitrogens is 1. The lowest BCUT2D eigenvalue weighted by atomic mass is 10.1. The highest BCUT2D eigenvalue weighted by molar-refractivity contribution is 5.94. The molecular weight excluding hydrogens is 246 g/mol. The maximum absolute atomic E-state index is 11.7. The minimum atomic E-state index is -0.644. The highest BCUT2D eigenvalue weighted by Gasteiger charge is 2.15. The highest BCUT2D eigenvalue weighted by atomic mass is 16.5. The first-order chi connectivity index (χ1) is 9.24. The van der Waals surface area contributed by atoms with Crippen LogP contribution >= 0.6 is 0 Å². The topological polar surface area (TPSA) is 90.4 Å². The normalized spacial score (nSPS) is 12.1. The monoisotopic (exact) mass is 261 g/mol. The van der Waals surface area contributed by atoms with Crippen LogP contribution in [0.3, 0.4) is 0 Å². The summed E-state index contributed by atoms with van der Waals surface area (Å²) in [4.78, 5) is 15.6. The first-order valence-electron chi connectivity index (χ1n) is 5.77. The lowest BCUT2D eigenvalue weighted by molar-refractivity contribution is -0.125. The number of anilines is 1. The van der Waals surface area contributed by atoms with Gasteiger partial charge in [-0.3, -0.25) is 4.79 Å². The second-order valence-corrected chi connectivity index (χ2v) is 3.89. The van der Waals surface area contributed by atoms with Gasteiger partial charge in [0.1, 0.15) is 6.10 Å². The van der Waals surface area contributed by atoms with Crippen molar-refractivity contribution < 1.29 is 13.9 Å². The van der Waals surface area contributed by atoms with Crippen LogP contribution in [0.4, 0.5) is 5.69 Å². The van der Waals surface area contributed by atoms with Crippen molar-refractivity contribution >= 4 is 11.6 Å². The van der Waals surface area contributed by atoms with Gasteiger partial charge < -0.3 is 20.2 Å². The average molecular weight is 261 g/mol. The number of carbonyl (C=O) groups excluding carboxylic acids is 1. The van der Waals surface area contributed by atoms with E-state index in [1.165, 1.54) is 13.5 Å². The first-order valence-corrected chi connectivity index (χ1v) is 5.77. The lowest BCUT2D eigenvalue weighted by Gasteiger charge is -2.13. The molecule has 0 saturated heterocycles. The Kier molecular flexibility index (Phi) is 4.27. The van der Waals surface area contributed by atoms with E-state index in [-0.39, 0.29) is 12.5 Å². The van der Waals surface area contributed by atoms with Gasteiger partial charge in [-0.1, -0.05) is 0 Å². The van der Waals surface area contributed by atoms with Gasteiger partial charge in [0.15, 0.2) is 12.2 Å². The van der Waals surface area contributed by atoms with Gasteiger partial charge in [0.05, 0.1) is 6.20 Å². The molecule has 0 aliphatic carbocycles. The molecule has 1 amide bonds. The van der Waals surface area contributed by atoms with Crippen molar-refractivity contribution in [1.29, 1.82) is 0 Å². The van der Waals surface area contributed by atoms with Gasteiger partial charge in [0.2, 0.25) is 0 Å². The van der Waals surface area contributed by atoms with Crippen LogP contribution in [0.2, 0.25) is 0 Å². The number of nitrogens with two attached hydrogens (primary N) is 1. The van der Waals surface area contributed by atoms with E-state index in [2.05, 4.69) is 10.3 Å². The van der Waals surface area contributed by atoms with E-state index in [1.54, 1.807) is 18.3 Å². The summed E-state index contributed by atoms with van der Waals surface area (Å²) in [5.41, 5.74) is 6.98. The van der Waals surface area contributed by atoms with Crippen molar-refractivity contribution in [2.24, 2.45) is 5.73 Å². The molecule has 6 heteroatoms. The van der Waals surface area contributed by atoms with Crippen LogP contribution in [0.1, 0.15) is 0 Å². The molecule has 2 aromatic rings. The number of benzene rings is 1. The summed E-state index contributed by atoms with van der Waals surface area (Å²) in [6, 6.07) is 7.22. The van der Waals surface area contributed by atoms with Crippen LogP contribution in [0.15, 0.2) is 41.3 Å². The van der Waals surface area contributed by atoms with Crippen molar-refractivity contribution in [2.75, 3.05) is 19.0 Å². The van der Waals surface area contributed by atoms with E-state index in [1.807, 2.05) is 12.1 Å². The molecule has 0 fully saturated rings. The van der Waals surface area contributed by atoms with Crippen molar-refractivity contribution in [3.05, 3.63) is 36.9 Å². The predicted molar refractivity (Wildman–Crippen MR) is 70.4 cm³/mol. The van der Waals surface area contributed by atoms with Crippen LogP contribution < -0.4 is 11.1 Å². The zero-order valence-electron chi connectivity index (χ0n) is 10.5. The number of amides is 1. The SMILES string of the molecule is COC(CN)C(=O)Nc1ccc(-c2cnco2)cc1. The van der Waals surface area contributed by atoms with Gasteiger partial charge in [0.25, 0.3) is 5.91 Å². The molecular formula is C13H15N3O3. The molecule has 1 aromatic heterocycles. The van der Waals surface area contributed by atoms with Crippen LogP contribution in [0.25, 0.3) is 11.3 Å². The van der Waals surface area contributed by atoms with Crippen molar-refractivity contribution in [2.45, 2.75) is 6.10 Å². The summed E-state index contributed by atoms with van der Waals surface area (Å²) in [5, 5.41) is 2.73. The fourth-order valence-electron chi connectivity index (χ4n) is 1.61. The van der Waals surface area contributed by atoms with Gasteiger partial charge in [0, 0.05) is 24.9 Å². The second kappa shape index (κ2) is 6.12. The van der Waals surface area contributed by atoms with Gasteiger partial charge in [-0.2, -0.15) is 0 Å². The number of nitrogens with one attached hydrogen (secondary N) is 1. The molecule has 1 heterocycles. The Labute approximate surface area is 110 Å². The minimum absolute atomic E-state index is 0.137. The third-order valence-corrected chi connectivity index (χ3v) is 2.66. The van der Waals surface area contributed by atoms with E-state index < -0.39 is 6.10 Å². The first kappa shape index (κ1) is 13.3. The van der Waals surface area contributed by atoms with Crippen LogP contribution in [-0.2, 0) is 9.53 Å². The molecule has 2 rings (SSSR count). The third-order valence-electron chi connectivity index (χ3n) is 2.66. The number of hydrogen-bond acceptors (Lipinski definition) is 5. The maximum atomic E-state index is 11.7. The largest absolute Gasteiger partial charge is 0.444 e.